The van der Waals surface area contributed by atoms with Crippen LogP contribution in [0.15, 0.2) is 77.8 Å². The minimum absolute atomic E-state index is 0.0518. The van der Waals surface area contributed by atoms with Crippen molar-refractivity contribution in [1.82, 2.24) is 8.87 Å². The van der Waals surface area contributed by atoms with Gasteiger partial charge >= 0.3 is 0 Å². The third kappa shape index (κ3) is 3.67. The lowest BCUT2D eigenvalue weighted by Gasteiger charge is -2.30. The number of sulfonamides is 1. The van der Waals surface area contributed by atoms with Crippen molar-refractivity contribution < 1.29 is 13.2 Å². The number of hydrogen-bond acceptors (Lipinski definition) is 3. The molecule has 1 fully saturated rings. The summed E-state index contributed by atoms with van der Waals surface area (Å²) < 4.78 is 29.9. The molecule has 0 saturated carbocycles. The molecule has 2 heterocycles. The highest BCUT2D eigenvalue weighted by Crippen LogP contribution is 2.28. The van der Waals surface area contributed by atoms with Gasteiger partial charge in [-0.05, 0) is 53.9 Å². The highest BCUT2D eigenvalue weighted by molar-refractivity contribution is 7.89. The van der Waals surface area contributed by atoms with Gasteiger partial charge in [-0.1, -0.05) is 36.4 Å². The van der Waals surface area contributed by atoms with Crippen LogP contribution in [0.2, 0.25) is 0 Å². The highest BCUT2D eigenvalue weighted by Gasteiger charge is 2.32. The third-order valence-corrected chi connectivity index (χ3v) is 8.26. The predicted molar refractivity (Wildman–Crippen MR) is 127 cm³/mol. The molecule has 3 aromatic carbocycles. The van der Waals surface area contributed by atoms with E-state index in [-0.39, 0.29) is 11.8 Å². The number of piperidine rings is 1. The van der Waals surface area contributed by atoms with E-state index in [9.17, 15) is 13.2 Å². The molecule has 0 spiro atoms. The molecule has 1 amide bonds. The van der Waals surface area contributed by atoms with Gasteiger partial charge in [-0.25, -0.2) is 8.42 Å². The smallest absolute Gasteiger partial charge is 0.243 e. The van der Waals surface area contributed by atoms with Gasteiger partial charge in [0.2, 0.25) is 15.9 Å². The Morgan fingerprint density at radius 3 is 2.47 bits per heavy atom. The average molecular weight is 448 g/mol. The summed E-state index contributed by atoms with van der Waals surface area (Å²) in [6.45, 7) is 0.672. The molecule has 0 aliphatic carbocycles. The van der Waals surface area contributed by atoms with E-state index in [1.54, 1.807) is 12.1 Å². The van der Waals surface area contributed by atoms with E-state index in [1.807, 2.05) is 72.4 Å². The summed E-state index contributed by atoms with van der Waals surface area (Å²) in [6, 6.07) is 20.8. The molecule has 5 rings (SSSR count). The van der Waals surface area contributed by atoms with Gasteiger partial charge in [0.15, 0.2) is 0 Å². The van der Waals surface area contributed by atoms with Gasteiger partial charge in [0.1, 0.15) is 0 Å². The Balaban J connectivity index is 1.28. The van der Waals surface area contributed by atoms with E-state index in [0.29, 0.717) is 30.8 Å². The number of fused-ring (bicyclic) bond motifs is 2. The van der Waals surface area contributed by atoms with Crippen LogP contribution in [0.1, 0.15) is 12.8 Å². The highest BCUT2D eigenvalue weighted by atomic mass is 32.2. The number of benzene rings is 3. The van der Waals surface area contributed by atoms with Crippen LogP contribution >= 0.6 is 0 Å². The number of aromatic nitrogens is 1. The standard InChI is InChI=1S/C25H25N3O3S/c1-27-14-13-22-23(7-4-8-24(22)27)26-25(29)19-11-15-28(16-12-19)32(30,31)21-10-9-18-5-2-3-6-20(18)17-21/h2-10,13-14,17,19H,11-12,15-16H2,1H3,(H,26,29). The zero-order valence-electron chi connectivity index (χ0n) is 17.9. The van der Waals surface area contributed by atoms with Crippen LogP contribution in [-0.4, -0.2) is 36.3 Å². The number of anilines is 1. The maximum absolute atomic E-state index is 13.2. The lowest BCUT2D eigenvalue weighted by atomic mass is 9.97. The van der Waals surface area contributed by atoms with Crippen molar-refractivity contribution in [1.29, 1.82) is 0 Å². The molecule has 1 saturated heterocycles. The number of amides is 1. The van der Waals surface area contributed by atoms with Crippen LogP contribution in [0.5, 0.6) is 0 Å². The largest absolute Gasteiger partial charge is 0.350 e. The monoisotopic (exact) mass is 447 g/mol. The number of carbonyl (C=O) groups is 1. The lowest BCUT2D eigenvalue weighted by molar-refractivity contribution is -0.120. The van der Waals surface area contributed by atoms with E-state index in [0.717, 1.165) is 27.4 Å². The van der Waals surface area contributed by atoms with Gasteiger partial charge in [-0.2, -0.15) is 4.31 Å². The topological polar surface area (TPSA) is 71.4 Å². The van der Waals surface area contributed by atoms with Crippen molar-refractivity contribution in [3.63, 3.8) is 0 Å². The number of rotatable bonds is 4. The minimum atomic E-state index is -3.59. The van der Waals surface area contributed by atoms with Crippen LogP contribution in [0, 0.1) is 5.92 Å². The van der Waals surface area contributed by atoms with E-state index in [2.05, 4.69) is 5.32 Å². The summed E-state index contributed by atoms with van der Waals surface area (Å²) in [5, 5.41) is 5.96. The molecule has 1 aliphatic rings. The first kappa shape index (κ1) is 20.7. The second kappa shape index (κ2) is 8.07. The maximum atomic E-state index is 13.2. The molecule has 7 heteroatoms. The average Bonchev–Trinajstić information content (AvgIpc) is 3.20. The second-order valence-electron chi connectivity index (χ2n) is 8.34. The number of nitrogens with one attached hydrogen (secondary N) is 1. The van der Waals surface area contributed by atoms with Crippen molar-refractivity contribution in [3.8, 4) is 0 Å². The maximum Gasteiger partial charge on any atom is 0.243 e. The Morgan fingerprint density at radius 1 is 0.938 bits per heavy atom. The summed E-state index contributed by atoms with van der Waals surface area (Å²) in [5.41, 5.74) is 1.85. The lowest BCUT2D eigenvalue weighted by Crippen LogP contribution is -2.41. The van der Waals surface area contributed by atoms with Gasteiger partial charge < -0.3 is 9.88 Å². The zero-order valence-corrected chi connectivity index (χ0v) is 18.7. The Morgan fingerprint density at radius 2 is 1.69 bits per heavy atom. The summed E-state index contributed by atoms with van der Waals surface area (Å²) in [6.07, 6.45) is 2.98. The van der Waals surface area contributed by atoms with Crippen LogP contribution in [0.25, 0.3) is 21.7 Å². The van der Waals surface area contributed by atoms with Crippen molar-refractivity contribution in [2.24, 2.45) is 13.0 Å². The molecule has 1 aliphatic heterocycles. The normalized spacial score (nSPS) is 15.9. The molecule has 0 unspecified atom stereocenters. The van der Waals surface area contributed by atoms with Gasteiger partial charge in [-0.3, -0.25) is 4.79 Å². The fourth-order valence-corrected chi connectivity index (χ4v) is 5.99. The Hall–Kier alpha value is -3.16. The van der Waals surface area contributed by atoms with E-state index in [1.165, 1.54) is 4.31 Å². The molecule has 1 N–H and O–H groups in total. The SMILES string of the molecule is Cn1ccc2c(NC(=O)C3CCN(S(=O)(=O)c4ccc5ccccc5c4)CC3)cccc21. The number of aryl methyl sites for hydroxylation is 1. The minimum Gasteiger partial charge on any atom is -0.350 e. The molecular formula is C25H25N3O3S. The summed E-state index contributed by atoms with van der Waals surface area (Å²) in [4.78, 5) is 13.2. The molecule has 0 radical (unpaired) electrons. The van der Waals surface area contributed by atoms with Crippen molar-refractivity contribution in [2.75, 3.05) is 18.4 Å². The first-order chi connectivity index (χ1) is 15.4. The van der Waals surface area contributed by atoms with Crippen LogP contribution < -0.4 is 5.32 Å². The number of carbonyl (C=O) groups excluding carboxylic acids is 1. The molecule has 164 valence electrons. The fraction of sp³-hybridized carbons (Fsp3) is 0.240. The van der Waals surface area contributed by atoms with Gasteiger partial charge in [0.05, 0.1) is 10.6 Å². The molecule has 6 nitrogen and oxygen atoms in total. The first-order valence-corrected chi connectivity index (χ1v) is 12.2. The van der Waals surface area contributed by atoms with Crippen molar-refractivity contribution in [3.05, 3.63) is 72.9 Å². The molecule has 0 atom stereocenters. The van der Waals surface area contributed by atoms with Gasteiger partial charge in [0.25, 0.3) is 0 Å². The van der Waals surface area contributed by atoms with Crippen LogP contribution in [0.3, 0.4) is 0 Å². The van der Waals surface area contributed by atoms with Crippen molar-refractivity contribution in [2.45, 2.75) is 17.7 Å². The van der Waals surface area contributed by atoms with E-state index >= 15 is 0 Å². The summed E-state index contributed by atoms with van der Waals surface area (Å²) in [5.74, 6) is -0.263. The Kier molecular flexibility index (Phi) is 5.23. The van der Waals surface area contributed by atoms with E-state index < -0.39 is 10.0 Å². The third-order valence-electron chi connectivity index (χ3n) is 6.37. The zero-order chi connectivity index (χ0) is 22.3. The first-order valence-electron chi connectivity index (χ1n) is 10.8. The van der Waals surface area contributed by atoms with E-state index in [4.69, 9.17) is 0 Å². The molecule has 4 aromatic rings. The Labute approximate surface area is 187 Å². The Bertz CT molecular complexity index is 1420. The van der Waals surface area contributed by atoms with Gasteiger partial charge in [-0.15, -0.1) is 0 Å². The van der Waals surface area contributed by atoms with Crippen molar-refractivity contribution >= 4 is 43.3 Å². The molecule has 0 bridgehead atoms. The van der Waals surface area contributed by atoms with Gasteiger partial charge in [0, 0.05) is 43.2 Å². The number of nitrogens with zero attached hydrogens (tertiary/aromatic N) is 2. The predicted octanol–water partition coefficient (Wildman–Crippen LogP) is 4.37. The quantitative estimate of drug-likeness (QED) is 0.505. The van der Waals surface area contributed by atoms with Crippen LogP contribution in [-0.2, 0) is 21.9 Å². The fourth-order valence-electron chi connectivity index (χ4n) is 4.48. The summed E-state index contributed by atoms with van der Waals surface area (Å²) in [7, 11) is -1.62. The molecular weight excluding hydrogens is 422 g/mol. The number of hydrogen-bond donors (Lipinski definition) is 1. The van der Waals surface area contributed by atoms with Crippen LogP contribution in [0.4, 0.5) is 5.69 Å². The second-order valence-corrected chi connectivity index (χ2v) is 10.3. The molecule has 1 aromatic heterocycles. The summed E-state index contributed by atoms with van der Waals surface area (Å²) >= 11 is 0. The molecule has 32 heavy (non-hydrogen) atoms.